The number of methoxy groups -OCH3 is 1. The molecule has 1 unspecified atom stereocenters. The lowest BCUT2D eigenvalue weighted by molar-refractivity contribution is -0.145. The van der Waals surface area contributed by atoms with E-state index in [0.717, 1.165) is 36.9 Å². The Hall–Kier alpha value is -1.79. The molecule has 1 aromatic rings. The van der Waals surface area contributed by atoms with E-state index in [1.54, 1.807) is 0 Å². The summed E-state index contributed by atoms with van der Waals surface area (Å²) >= 11 is 6.26. The normalized spacial score (nSPS) is 16.4. The van der Waals surface area contributed by atoms with Gasteiger partial charge in [-0.05, 0) is 24.5 Å². The third kappa shape index (κ3) is 5.88. The number of para-hydroxylation sites is 1. The predicted octanol–water partition coefficient (Wildman–Crippen LogP) is 2.17. The molecule has 1 heterocycles. The van der Waals surface area contributed by atoms with Crippen LogP contribution in [0.1, 0.15) is 20.3 Å². The van der Waals surface area contributed by atoms with E-state index in [4.69, 9.17) is 16.3 Å². The van der Waals surface area contributed by atoms with E-state index in [1.165, 1.54) is 7.11 Å². The summed E-state index contributed by atoms with van der Waals surface area (Å²) in [5.74, 6) is -0.249. The minimum atomic E-state index is -0.586. The summed E-state index contributed by atoms with van der Waals surface area (Å²) in [7, 11) is 1.34. The molecule has 0 bridgehead atoms. The van der Waals surface area contributed by atoms with Gasteiger partial charge in [0.25, 0.3) is 0 Å². The number of halogens is 1. The molecule has 0 spiro atoms. The van der Waals surface area contributed by atoms with E-state index < -0.39 is 12.0 Å². The molecule has 1 amide bonds. The molecule has 0 radical (unpaired) electrons. The van der Waals surface area contributed by atoms with Gasteiger partial charge in [-0.25, -0.2) is 4.79 Å². The van der Waals surface area contributed by atoms with E-state index in [2.05, 4.69) is 15.1 Å². The SMILES string of the molecule is COC(=O)C(CC(C)C)NC(=O)CN1CCN(c2ccccc2Cl)CC1. The van der Waals surface area contributed by atoms with Gasteiger partial charge in [0.1, 0.15) is 6.04 Å². The average molecular weight is 382 g/mol. The first-order valence-electron chi connectivity index (χ1n) is 8.99. The Morgan fingerprint density at radius 2 is 1.85 bits per heavy atom. The first kappa shape index (κ1) is 20.5. The Balaban J connectivity index is 1.83. The molecule has 144 valence electrons. The second-order valence-electron chi connectivity index (χ2n) is 6.99. The van der Waals surface area contributed by atoms with Gasteiger partial charge in [0.05, 0.1) is 24.4 Å². The Morgan fingerprint density at radius 1 is 1.19 bits per heavy atom. The summed E-state index contributed by atoms with van der Waals surface area (Å²) < 4.78 is 4.79. The molecule has 1 atom stereocenters. The Morgan fingerprint density at radius 3 is 2.42 bits per heavy atom. The highest BCUT2D eigenvalue weighted by Gasteiger charge is 2.25. The smallest absolute Gasteiger partial charge is 0.328 e. The first-order chi connectivity index (χ1) is 12.4. The number of piperazine rings is 1. The molecular formula is C19H28ClN3O3. The maximum atomic E-state index is 12.3. The van der Waals surface area contributed by atoms with E-state index >= 15 is 0 Å². The summed E-state index contributed by atoms with van der Waals surface area (Å²) in [6.45, 7) is 7.46. The van der Waals surface area contributed by atoms with Crippen molar-refractivity contribution in [3.63, 3.8) is 0 Å². The van der Waals surface area contributed by atoms with Crippen molar-refractivity contribution in [2.75, 3.05) is 44.7 Å². The topological polar surface area (TPSA) is 61.9 Å². The summed E-state index contributed by atoms with van der Waals surface area (Å²) in [4.78, 5) is 28.5. The lowest BCUT2D eigenvalue weighted by Gasteiger charge is -2.36. The number of ether oxygens (including phenoxy) is 1. The number of hydrogen-bond donors (Lipinski definition) is 1. The summed E-state index contributed by atoms with van der Waals surface area (Å²) in [5.41, 5.74) is 1.03. The number of hydrogen-bond acceptors (Lipinski definition) is 5. The van der Waals surface area contributed by atoms with Crippen LogP contribution in [-0.2, 0) is 14.3 Å². The van der Waals surface area contributed by atoms with Crippen LogP contribution in [-0.4, -0.2) is 62.7 Å². The van der Waals surface area contributed by atoms with Gasteiger partial charge in [-0.1, -0.05) is 37.6 Å². The quantitative estimate of drug-likeness (QED) is 0.733. The summed E-state index contributed by atoms with van der Waals surface area (Å²) in [6.07, 6.45) is 0.568. The highest BCUT2D eigenvalue weighted by molar-refractivity contribution is 6.33. The van der Waals surface area contributed by atoms with Crippen molar-refractivity contribution in [3.05, 3.63) is 29.3 Å². The van der Waals surface area contributed by atoms with Crippen molar-refractivity contribution >= 4 is 29.2 Å². The van der Waals surface area contributed by atoms with Crippen LogP contribution < -0.4 is 10.2 Å². The minimum Gasteiger partial charge on any atom is -0.467 e. The number of nitrogens with one attached hydrogen (secondary N) is 1. The molecule has 1 aromatic carbocycles. The third-order valence-corrected chi connectivity index (χ3v) is 4.78. The van der Waals surface area contributed by atoms with Gasteiger partial charge in [0.2, 0.25) is 5.91 Å². The van der Waals surface area contributed by atoms with Crippen LogP contribution in [0.15, 0.2) is 24.3 Å². The van der Waals surface area contributed by atoms with E-state index in [0.29, 0.717) is 12.3 Å². The number of anilines is 1. The molecule has 0 saturated carbocycles. The Kier molecular flexibility index (Phi) is 7.72. The van der Waals surface area contributed by atoms with Crippen LogP contribution >= 0.6 is 11.6 Å². The summed E-state index contributed by atoms with van der Waals surface area (Å²) in [6, 6.07) is 7.21. The number of carbonyl (C=O) groups is 2. The molecule has 1 aliphatic rings. The highest BCUT2D eigenvalue weighted by atomic mass is 35.5. The van der Waals surface area contributed by atoms with Crippen molar-refractivity contribution in [1.82, 2.24) is 10.2 Å². The van der Waals surface area contributed by atoms with Gasteiger partial charge in [0.15, 0.2) is 0 Å². The molecule has 2 rings (SSSR count). The molecular weight excluding hydrogens is 354 g/mol. The van der Waals surface area contributed by atoms with Gasteiger partial charge < -0.3 is 15.0 Å². The zero-order chi connectivity index (χ0) is 19.1. The maximum Gasteiger partial charge on any atom is 0.328 e. The number of benzene rings is 1. The fraction of sp³-hybridized carbons (Fsp3) is 0.579. The van der Waals surface area contributed by atoms with Crippen molar-refractivity contribution in [2.24, 2.45) is 5.92 Å². The molecule has 26 heavy (non-hydrogen) atoms. The van der Waals surface area contributed by atoms with Crippen molar-refractivity contribution < 1.29 is 14.3 Å². The minimum absolute atomic E-state index is 0.146. The van der Waals surface area contributed by atoms with Crippen LogP contribution in [0.3, 0.4) is 0 Å². The predicted molar refractivity (Wildman–Crippen MR) is 104 cm³/mol. The molecule has 1 fully saturated rings. The maximum absolute atomic E-state index is 12.3. The number of carbonyl (C=O) groups excluding carboxylic acids is 2. The van der Waals surface area contributed by atoms with Gasteiger partial charge in [-0.3, -0.25) is 9.69 Å². The molecule has 1 saturated heterocycles. The van der Waals surface area contributed by atoms with Crippen molar-refractivity contribution in [2.45, 2.75) is 26.3 Å². The van der Waals surface area contributed by atoms with Crippen molar-refractivity contribution in [3.8, 4) is 0 Å². The second kappa shape index (κ2) is 9.78. The van der Waals surface area contributed by atoms with Gasteiger partial charge in [0, 0.05) is 26.2 Å². The fourth-order valence-corrected chi connectivity index (χ4v) is 3.38. The molecule has 6 nitrogen and oxygen atoms in total. The van der Waals surface area contributed by atoms with Crippen LogP contribution in [0.4, 0.5) is 5.69 Å². The zero-order valence-corrected chi connectivity index (χ0v) is 16.5. The highest BCUT2D eigenvalue weighted by Crippen LogP contribution is 2.25. The molecule has 0 aromatic heterocycles. The monoisotopic (exact) mass is 381 g/mol. The Labute approximate surface area is 160 Å². The van der Waals surface area contributed by atoms with Crippen LogP contribution in [0.25, 0.3) is 0 Å². The van der Waals surface area contributed by atoms with E-state index in [1.807, 2.05) is 38.1 Å². The van der Waals surface area contributed by atoms with Crippen LogP contribution in [0.5, 0.6) is 0 Å². The molecule has 7 heteroatoms. The number of nitrogens with zero attached hydrogens (tertiary/aromatic N) is 2. The van der Waals surface area contributed by atoms with Crippen molar-refractivity contribution in [1.29, 1.82) is 0 Å². The second-order valence-corrected chi connectivity index (χ2v) is 7.39. The van der Waals surface area contributed by atoms with Crippen LogP contribution in [0.2, 0.25) is 5.02 Å². The molecule has 0 aliphatic carbocycles. The zero-order valence-electron chi connectivity index (χ0n) is 15.7. The van der Waals surface area contributed by atoms with E-state index in [-0.39, 0.29) is 12.5 Å². The Bertz CT molecular complexity index is 616. The lowest BCUT2D eigenvalue weighted by Crippen LogP contribution is -2.51. The van der Waals surface area contributed by atoms with Gasteiger partial charge in [-0.2, -0.15) is 0 Å². The standard InChI is InChI=1S/C19H28ClN3O3/c1-14(2)12-16(19(25)26-3)21-18(24)13-22-8-10-23(11-9-22)17-7-5-4-6-15(17)20/h4-7,14,16H,8-13H2,1-3H3,(H,21,24). The van der Waals surface area contributed by atoms with E-state index in [9.17, 15) is 9.59 Å². The van der Waals surface area contributed by atoms with Crippen LogP contribution in [0, 0.1) is 5.92 Å². The average Bonchev–Trinajstić information content (AvgIpc) is 2.61. The molecule has 1 N–H and O–H groups in total. The first-order valence-corrected chi connectivity index (χ1v) is 9.37. The number of rotatable bonds is 7. The lowest BCUT2D eigenvalue weighted by atomic mass is 10.0. The largest absolute Gasteiger partial charge is 0.467 e. The summed E-state index contributed by atoms with van der Waals surface area (Å²) in [5, 5.41) is 3.55. The molecule has 1 aliphatic heterocycles. The van der Waals surface area contributed by atoms with Gasteiger partial charge >= 0.3 is 5.97 Å². The number of amides is 1. The van der Waals surface area contributed by atoms with Gasteiger partial charge in [-0.15, -0.1) is 0 Å². The third-order valence-electron chi connectivity index (χ3n) is 4.46. The number of esters is 1. The fourth-order valence-electron chi connectivity index (χ4n) is 3.13.